The summed E-state index contributed by atoms with van der Waals surface area (Å²) in [5.41, 5.74) is 2.33. The van der Waals surface area contributed by atoms with Crippen molar-refractivity contribution in [1.29, 1.82) is 0 Å². The second kappa shape index (κ2) is 9.57. The Labute approximate surface area is 194 Å². The molecule has 0 aliphatic rings. The molecular weight excluding hydrogens is 443 g/mol. The smallest absolute Gasteiger partial charge is 0.267 e. The molecule has 0 spiro atoms. The number of aryl methyl sites for hydroxylation is 2. The van der Waals surface area contributed by atoms with Gasteiger partial charge in [0.25, 0.3) is 5.56 Å². The van der Waals surface area contributed by atoms with E-state index in [4.69, 9.17) is 5.10 Å². The van der Waals surface area contributed by atoms with Gasteiger partial charge < -0.3 is 5.32 Å². The van der Waals surface area contributed by atoms with Crippen LogP contribution in [0.3, 0.4) is 0 Å². The highest BCUT2D eigenvalue weighted by Gasteiger charge is 2.21. The van der Waals surface area contributed by atoms with Gasteiger partial charge >= 0.3 is 0 Å². The summed E-state index contributed by atoms with van der Waals surface area (Å²) in [6.07, 6.45) is 6.17. The number of hydrogen-bond donors (Lipinski definition) is 1. The van der Waals surface area contributed by atoms with Crippen molar-refractivity contribution in [3.05, 3.63) is 69.8 Å². The Kier molecular flexibility index (Phi) is 6.59. The first-order valence-corrected chi connectivity index (χ1v) is 11.7. The fourth-order valence-corrected chi connectivity index (χ4v) is 3.96. The molecule has 0 saturated heterocycles. The highest BCUT2D eigenvalue weighted by molar-refractivity contribution is 7.97. The molecule has 3 aromatic heterocycles. The summed E-state index contributed by atoms with van der Waals surface area (Å²) >= 11 is 1.29. The minimum absolute atomic E-state index is 0.221. The number of hydrogen-bond acceptors (Lipinski definition) is 7. The van der Waals surface area contributed by atoms with Crippen LogP contribution in [0.25, 0.3) is 11.0 Å². The third kappa shape index (κ3) is 4.54. The lowest BCUT2D eigenvalue weighted by Crippen LogP contribution is -2.39. The van der Waals surface area contributed by atoms with Gasteiger partial charge in [0.15, 0.2) is 5.65 Å². The molecule has 0 saturated carbocycles. The lowest BCUT2D eigenvalue weighted by molar-refractivity contribution is 0.593. The van der Waals surface area contributed by atoms with Crippen molar-refractivity contribution >= 4 is 34.5 Å². The van der Waals surface area contributed by atoms with E-state index >= 15 is 0 Å². The standard InChI is InChI=1S/C22H25FN8OS/c1-5-10-30-20-18(21(32)29(3)22(30)28-33-4)19(26-17-8-6-16(23)7-9-17)31(27-20)13-15-11-24-14(2)25-12-15/h6-9,11-12,26H,5,10,13H2,1-4H3/b28-22-. The zero-order valence-electron chi connectivity index (χ0n) is 18.9. The summed E-state index contributed by atoms with van der Waals surface area (Å²) in [5, 5.41) is 8.52. The van der Waals surface area contributed by atoms with Crippen LogP contribution in [0.5, 0.6) is 0 Å². The van der Waals surface area contributed by atoms with Gasteiger partial charge in [-0.05, 0) is 49.6 Å². The van der Waals surface area contributed by atoms with Gasteiger partial charge in [0.2, 0.25) is 5.62 Å². The molecule has 0 radical (unpaired) electrons. The van der Waals surface area contributed by atoms with Crippen LogP contribution >= 0.6 is 11.9 Å². The van der Waals surface area contributed by atoms with Crippen molar-refractivity contribution in [2.75, 3.05) is 11.6 Å². The third-order valence-corrected chi connectivity index (χ3v) is 5.49. The summed E-state index contributed by atoms with van der Waals surface area (Å²) in [6.45, 7) is 4.88. The van der Waals surface area contributed by atoms with Crippen LogP contribution in [0, 0.1) is 12.7 Å². The minimum Gasteiger partial charge on any atom is -0.340 e. The van der Waals surface area contributed by atoms with Gasteiger partial charge in [0.05, 0.1) is 6.54 Å². The lowest BCUT2D eigenvalue weighted by Gasteiger charge is -2.11. The van der Waals surface area contributed by atoms with Gasteiger partial charge in [0.1, 0.15) is 22.8 Å². The van der Waals surface area contributed by atoms with Gasteiger partial charge in [-0.1, -0.05) is 6.92 Å². The van der Waals surface area contributed by atoms with E-state index in [0.717, 1.165) is 12.0 Å². The quantitative estimate of drug-likeness (QED) is 0.419. The lowest BCUT2D eigenvalue weighted by atomic mass is 10.3. The molecule has 0 atom stereocenters. The molecule has 3 heterocycles. The predicted octanol–water partition coefficient (Wildman–Crippen LogP) is 3.15. The zero-order valence-corrected chi connectivity index (χ0v) is 19.7. The molecule has 1 aromatic carbocycles. The Morgan fingerprint density at radius 3 is 2.52 bits per heavy atom. The molecule has 0 amide bonds. The van der Waals surface area contributed by atoms with E-state index < -0.39 is 0 Å². The van der Waals surface area contributed by atoms with Crippen molar-refractivity contribution < 1.29 is 4.39 Å². The van der Waals surface area contributed by atoms with Gasteiger partial charge in [-0.15, -0.1) is 0 Å². The SMILES string of the molecule is CCCn1/c(=N\SC)n(C)c(=O)c2c(Nc3ccc(F)cc3)n(Cc3cnc(C)nc3)nc21. The molecule has 33 heavy (non-hydrogen) atoms. The van der Waals surface area contributed by atoms with Crippen LogP contribution in [-0.2, 0) is 20.1 Å². The van der Waals surface area contributed by atoms with E-state index in [1.54, 1.807) is 36.3 Å². The fraction of sp³-hybridized carbons (Fsp3) is 0.318. The van der Waals surface area contributed by atoms with E-state index in [9.17, 15) is 9.18 Å². The Morgan fingerprint density at radius 1 is 1.18 bits per heavy atom. The third-order valence-electron chi connectivity index (χ3n) is 5.14. The maximum atomic E-state index is 13.5. The van der Waals surface area contributed by atoms with Gasteiger partial charge in [-0.2, -0.15) is 9.50 Å². The molecule has 0 bridgehead atoms. The Bertz CT molecular complexity index is 1400. The number of benzene rings is 1. The van der Waals surface area contributed by atoms with Crippen molar-refractivity contribution in [1.82, 2.24) is 28.9 Å². The largest absolute Gasteiger partial charge is 0.340 e. The van der Waals surface area contributed by atoms with E-state index in [0.29, 0.717) is 47.1 Å². The number of halogens is 1. The number of aromatic nitrogens is 6. The van der Waals surface area contributed by atoms with Crippen LogP contribution in [0.15, 0.2) is 45.9 Å². The van der Waals surface area contributed by atoms with Gasteiger partial charge in [0, 0.05) is 43.5 Å². The predicted molar refractivity (Wildman–Crippen MR) is 128 cm³/mol. The topological polar surface area (TPSA) is 94.9 Å². The zero-order chi connectivity index (χ0) is 23.5. The molecule has 0 aliphatic heterocycles. The van der Waals surface area contributed by atoms with E-state index in [2.05, 4.69) is 26.6 Å². The monoisotopic (exact) mass is 468 g/mol. The average Bonchev–Trinajstić information content (AvgIpc) is 3.15. The average molecular weight is 469 g/mol. The molecule has 1 N–H and O–H groups in total. The summed E-state index contributed by atoms with van der Waals surface area (Å²) in [4.78, 5) is 22.0. The summed E-state index contributed by atoms with van der Waals surface area (Å²) in [6, 6.07) is 5.97. The normalized spacial score (nSPS) is 12.0. The van der Waals surface area contributed by atoms with Crippen molar-refractivity contribution in [3.63, 3.8) is 0 Å². The maximum Gasteiger partial charge on any atom is 0.267 e. The first-order valence-electron chi connectivity index (χ1n) is 10.5. The maximum absolute atomic E-state index is 13.5. The van der Waals surface area contributed by atoms with Crippen LogP contribution < -0.4 is 16.5 Å². The molecule has 9 nitrogen and oxygen atoms in total. The van der Waals surface area contributed by atoms with Crippen LogP contribution in [-0.4, -0.2) is 35.1 Å². The van der Waals surface area contributed by atoms with Gasteiger partial charge in [-0.25, -0.2) is 19.0 Å². The van der Waals surface area contributed by atoms with Crippen molar-refractivity contribution in [2.45, 2.75) is 33.4 Å². The first kappa shape index (κ1) is 22.7. The molecular formula is C22H25FN8OS. The molecule has 0 fully saturated rings. The molecule has 4 rings (SSSR count). The Morgan fingerprint density at radius 2 is 1.88 bits per heavy atom. The summed E-state index contributed by atoms with van der Waals surface area (Å²) < 4.78 is 23.1. The molecule has 0 aliphatic carbocycles. The van der Waals surface area contributed by atoms with E-state index in [1.165, 1.54) is 28.6 Å². The Balaban J connectivity index is 1.99. The highest BCUT2D eigenvalue weighted by atomic mass is 32.2. The number of fused-ring (bicyclic) bond motifs is 1. The molecule has 172 valence electrons. The highest BCUT2D eigenvalue weighted by Crippen LogP contribution is 2.25. The minimum atomic E-state index is -0.337. The van der Waals surface area contributed by atoms with Crippen LogP contribution in [0.4, 0.5) is 15.9 Å². The number of nitrogens with zero attached hydrogens (tertiary/aromatic N) is 7. The number of rotatable bonds is 7. The van der Waals surface area contributed by atoms with Crippen LogP contribution in [0.2, 0.25) is 0 Å². The van der Waals surface area contributed by atoms with E-state index in [-0.39, 0.29) is 11.4 Å². The fourth-order valence-electron chi connectivity index (χ4n) is 3.58. The van der Waals surface area contributed by atoms with Crippen molar-refractivity contribution in [3.8, 4) is 0 Å². The second-order valence-electron chi connectivity index (χ2n) is 7.56. The van der Waals surface area contributed by atoms with Crippen LogP contribution in [0.1, 0.15) is 24.7 Å². The Hall–Kier alpha value is -3.47. The second-order valence-corrected chi connectivity index (χ2v) is 8.11. The number of anilines is 2. The first-order chi connectivity index (χ1) is 15.9. The molecule has 0 unspecified atom stereocenters. The van der Waals surface area contributed by atoms with E-state index in [1.807, 2.05) is 17.7 Å². The number of nitrogens with one attached hydrogen (secondary N) is 1. The molecule has 11 heteroatoms. The molecule has 4 aromatic rings. The summed E-state index contributed by atoms with van der Waals surface area (Å²) in [7, 11) is 1.70. The van der Waals surface area contributed by atoms with Crippen molar-refractivity contribution in [2.24, 2.45) is 11.4 Å². The summed E-state index contributed by atoms with van der Waals surface area (Å²) in [5.74, 6) is 0.848. The van der Waals surface area contributed by atoms with Gasteiger partial charge in [-0.3, -0.25) is 13.9 Å².